The molecule has 0 bridgehead atoms. The SMILES string of the molecule is CCNC(C)(C)C(=O)Nc1ccc(C(=O)NC2CC2)cc1. The monoisotopic (exact) mass is 289 g/mol. The van der Waals surface area contributed by atoms with Crippen LogP contribution >= 0.6 is 0 Å². The second-order valence-electron chi connectivity index (χ2n) is 5.93. The number of nitrogens with one attached hydrogen (secondary N) is 3. The summed E-state index contributed by atoms with van der Waals surface area (Å²) < 4.78 is 0. The van der Waals surface area contributed by atoms with Gasteiger partial charge in [0.15, 0.2) is 0 Å². The van der Waals surface area contributed by atoms with Gasteiger partial charge in [-0.25, -0.2) is 0 Å². The van der Waals surface area contributed by atoms with Crippen molar-refractivity contribution in [3.63, 3.8) is 0 Å². The zero-order valence-electron chi connectivity index (χ0n) is 12.8. The van der Waals surface area contributed by atoms with Crippen molar-refractivity contribution in [1.82, 2.24) is 10.6 Å². The molecule has 1 fully saturated rings. The van der Waals surface area contributed by atoms with Crippen LogP contribution in [0.3, 0.4) is 0 Å². The molecule has 1 aromatic rings. The van der Waals surface area contributed by atoms with E-state index in [0.717, 1.165) is 19.4 Å². The topological polar surface area (TPSA) is 70.2 Å². The summed E-state index contributed by atoms with van der Waals surface area (Å²) in [7, 11) is 0. The molecule has 5 nitrogen and oxygen atoms in total. The highest BCUT2D eigenvalue weighted by atomic mass is 16.2. The maximum atomic E-state index is 12.1. The molecule has 1 aliphatic rings. The van der Waals surface area contributed by atoms with Crippen LogP contribution in [0, 0.1) is 0 Å². The van der Waals surface area contributed by atoms with Crippen molar-refractivity contribution >= 4 is 17.5 Å². The van der Waals surface area contributed by atoms with Crippen molar-refractivity contribution in [2.75, 3.05) is 11.9 Å². The first-order valence-corrected chi connectivity index (χ1v) is 7.40. The Morgan fingerprint density at radius 3 is 2.33 bits per heavy atom. The average molecular weight is 289 g/mol. The van der Waals surface area contributed by atoms with Gasteiger partial charge in [0.1, 0.15) is 0 Å². The summed E-state index contributed by atoms with van der Waals surface area (Å²) in [4.78, 5) is 24.0. The van der Waals surface area contributed by atoms with Gasteiger partial charge in [-0.3, -0.25) is 9.59 Å². The van der Waals surface area contributed by atoms with E-state index in [-0.39, 0.29) is 11.8 Å². The van der Waals surface area contributed by atoms with Crippen LogP contribution in [0.2, 0.25) is 0 Å². The minimum Gasteiger partial charge on any atom is -0.349 e. The molecule has 1 aliphatic carbocycles. The van der Waals surface area contributed by atoms with E-state index in [0.29, 0.717) is 17.3 Å². The van der Waals surface area contributed by atoms with Gasteiger partial charge < -0.3 is 16.0 Å². The van der Waals surface area contributed by atoms with Gasteiger partial charge in [0.05, 0.1) is 5.54 Å². The van der Waals surface area contributed by atoms with Gasteiger partial charge in [0, 0.05) is 17.3 Å². The maximum absolute atomic E-state index is 12.1. The number of hydrogen-bond donors (Lipinski definition) is 3. The smallest absolute Gasteiger partial charge is 0.251 e. The van der Waals surface area contributed by atoms with E-state index in [2.05, 4.69) is 16.0 Å². The number of rotatable bonds is 6. The van der Waals surface area contributed by atoms with Crippen molar-refractivity contribution in [2.45, 2.75) is 45.2 Å². The molecule has 0 aromatic heterocycles. The Labute approximate surface area is 125 Å². The highest BCUT2D eigenvalue weighted by molar-refractivity contribution is 5.98. The largest absolute Gasteiger partial charge is 0.349 e. The standard InChI is InChI=1S/C16H23N3O2/c1-4-17-16(2,3)15(21)19-13-7-5-11(6-8-13)14(20)18-12-9-10-12/h5-8,12,17H,4,9-10H2,1-3H3,(H,18,20)(H,19,21). The van der Waals surface area contributed by atoms with E-state index < -0.39 is 5.54 Å². The van der Waals surface area contributed by atoms with E-state index in [1.54, 1.807) is 24.3 Å². The average Bonchev–Trinajstić information content (AvgIpc) is 3.23. The first-order valence-electron chi connectivity index (χ1n) is 7.40. The molecular formula is C16H23N3O2. The Morgan fingerprint density at radius 2 is 1.81 bits per heavy atom. The summed E-state index contributed by atoms with van der Waals surface area (Å²) in [6.07, 6.45) is 2.14. The predicted octanol–water partition coefficient (Wildman–Crippen LogP) is 1.91. The summed E-state index contributed by atoms with van der Waals surface area (Å²) in [6.45, 7) is 6.36. The molecule has 0 spiro atoms. The second kappa shape index (κ2) is 6.26. The molecule has 3 N–H and O–H groups in total. The molecule has 2 rings (SSSR count). The van der Waals surface area contributed by atoms with E-state index in [4.69, 9.17) is 0 Å². The van der Waals surface area contributed by atoms with Crippen LogP contribution in [0.1, 0.15) is 44.0 Å². The lowest BCUT2D eigenvalue weighted by molar-refractivity contribution is -0.121. The first kappa shape index (κ1) is 15.5. The molecule has 0 saturated heterocycles. The fraction of sp³-hybridized carbons (Fsp3) is 0.500. The van der Waals surface area contributed by atoms with E-state index in [9.17, 15) is 9.59 Å². The predicted molar refractivity (Wildman–Crippen MR) is 83.3 cm³/mol. The van der Waals surface area contributed by atoms with Crippen LogP contribution in [0.4, 0.5) is 5.69 Å². The van der Waals surface area contributed by atoms with Gasteiger partial charge in [-0.05, 0) is 57.5 Å². The second-order valence-corrected chi connectivity index (χ2v) is 5.93. The minimum atomic E-state index is -0.628. The quantitative estimate of drug-likeness (QED) is 0.749. The van der Waals surface area contributed by atoms with E-state index in [1.807, 2.05) is 20.8 Å². The third kappa shape index (κ3) is 4.29. The molecule has 0 radical (unpaired) electrons. The Hall–Kier alpha value is -1.88. The summed E-state index contributed by atoms with van der Waals surface area (Å²) in [6, 6.07) is 7.31. The van der Waals surface area contributed by atoms with E-state index in [1.165, 1.54) is 0 Å². The van der Waals surface area contributed by atoms with E-state index >= 15 is 0 Å². The molecular weight excluding hydrogens is 266 g/mol. The van der Waals surface area contributed by atoms with Gasteiger partial charge in [0.25, 0.3) is 5.91 Å². The molecule has 0 aliphatic heterocycles. The lowest BCUT2D eigenvalue weighted by Gasteiger charge is -2.24. The summed E-state index contributed by atoms with van der Waals surface area (Å²) in [5.41, 5.74) is 0.677. The highest BCUT2D eigenvalue weighted by Crippen LogP contribution is 2.20. The molecule has 5 heteroatoms. The Balaban J connectivity index is 1.95. The molecule has 2 amide bonds. The fourth-order valence-corrected chi connectivity index (χ4v) is 2.01. The number of amides is 2. The van der Waals surface area contributed by atoms with Crippen molar-refractivity contribution in [1.29, 1.82) is 0 Å². The summed E-state index contributed by atoms with van der Waals surface area (Å²) in [5, 5.41) is 8.91. The first-order chi connectivity index (χ1) is 9.92. The molecule has 0 unspecified atom stereocenters. The minimum absolute atomic E-state index is 0.0524. The molecule has 21 heavy (non-hydrogen) atoms. The normalized spacial score (nSPS) is 14.6. The van der Waals surface area contributed by atoms with Gasteiger partial charge >= 0.3 is 0 Å². The Kier molecular flexibility index (Phi) is 4.63. The van der Waals surface area contributed by atoms with Gasteiger partial charge in [-0.2, -0.15) is 0 Å². The molecule has 1 aromatic carbocycles. The summed E-state index contributed by atoms with van der Waals surface area (Å²) >= 11 is 0. The van der Waals surface area contributed by atoms with Crippen LogP contribution < -0.4 is 16.0 Å². The van der Waals surface area contributed by atoms with Crippen molar-refractivity contribution in [2.24, 2.45) is 0 Å². The zero-order chi connectivity index (χ0) is 15.5. The lowest BCUT2D eigenvalue weighted by Crippen LogP contribution is -2.49. The molecule has 1 saturated carbocycles. The highest BCUT2D eigenvalue weighted by Gasteiger charge is 2.26. The van der Waals surface area contributed by atoms with Crippen LogP contribution in [0.25, 0.3) is 0 Å². The van der Waals surface area contributed by atoms with Gasteiger partial charge in [0.2, 0.25) is 5.91 Å². The van der Waals surface area contributed by atoms with Crippen LogP contribution in [-0.2, 0) is 4.79 Å². The third-order valence-electron chi connectivity index (χ3n) is 3.50. The number of anilines is 1. The van der Waals surface area contributed by atoms with Crippen molar-refractivity contribution in [3.8, 4) is 0 Å². The number of likely N-dealkylation sites (N-methyl/N-ethyl adjacent to an activating group) is 1. The fourth-order valence-electron chi connectivity index (χ4n) is 2.01. The number of carbonyl (C=O) groups is 2. The third-order valence-corrected chi connectivity index (χ3v) is 3.50. The number of benzene rings is 1. The Bertz CT molecular complexity index is 519. The lowest BCUT2D eigenvalue weighted by atomic mass is 10.0. The molecule has 0 atom stereocenters. The molecule has 0 heterocycles. The van der Waals surface area contributed by atoms with Gasteiger partial charge in [-0.15, -0.1) is 0 Å². The zero-order valence-corrected chi connectivity index (χ0v) is 12.8. The maximum Gasteiger partial charge on any atom is 0.251 e. The van der Waals surface area contributed by atoms with Crippen molar-refractivity contribution < 1.29 is 9.59 Å². The Morgan fingerprint density at radius 1 is 1.19 bits per heavy atom. The van der Waals surface area contributed by atoms with Crippen LogP contribution in [-0.4, -0.2) is 29.9 Å². The van der Waals surface area contributed by atoms with Crippen LogP contribution in [0.5, 0.6) is 0 Å². The summed E-state index contributed by atoms with van der Waals surface area (Å²) in [5.74, 6) is -0.150. The van der Waals surface area contributed by atoms with Crippen LogP contribution in [0.15, 0.2) is 24.3 Å². The number of hydrogen-bond acceptors (Lipinski definition) is 3. The molecule has 114 valence electrons. The number of carbonyl (C=O) groups excluding carboxylic acids is 2. The van der Waals surface area contributed by atoms with Crippen molar-refractivity contribution in [3.05, 3.63) is 29.8 Å². The van der Waals surface area contributed by atoms with Gasteiger partial charge in [-0.1, -0.05) is 6.92 Å².